The molecule has 1 amide bonds. The van der Waals surface area contributed by atoms with Crippen molar-refractivity contribution < 1.29 is 23.4 Å². The van der Waals surface area contributed by atoms with Crippen LogP contribution in [0.5, 0.6) is 17.2 Å². The van der Waals surface area contributed by atoms with Crippen molar-refractivity contribution in [2.45, 2.75) is 26.4 Å². The number of ether oxygens (including phenoxy) is 3. The average Bonchev–Trinajstić information content (AvgIpc) is 3.14. The fourth-order valence-electron chi connectivity index (χ4n) is 4.08. The summed E-state index contributed by atoms with van der Waals surface area (Å²) in [6.45, 7) is 4.16. The first-order chi connectivity index (χ1) is 15.5. The Morgan fingerprint density at radius 2 is 1.66 bits per heavy atom. The number of benzene rings is 2. The largest absolute Gasteiger partial charge is 0.497 e. The number of anilines is 1. The lowest BCUT2D eigenvalue weighted by Gasteiger charge is -2.26. The molecule has 0 saturated heterocycles. The second-order valence-electron chi connectivity index (χ2n) is 7.80. The third-order valence-electron chi connectivity index (χ3n) is 5.71. The molecule has 32 heavy (non-hydrogen) atoms. The van der Waals surface area contributed by atoms with Crippen molar-refractivity contribution >= 4 is 11.6 Å². The number of carbonyl (C=O) groups is 1. The van der Waals surface area contributed by atoms with Crippen molar-refractivity contribution in [3.8, 4) is 17.2 Å². The summed E-state index contributed by atoms with van der Waals surface area (Å²) >= 11 is 0. The van der Waals surface area contributed by atoms with Gasteiger partial charge >= 0.3 is 0 Å². The Balaban J connectivity index is 1.53. The average molecular weight is 437 g/mol. The standard InChI is InChI=1S/C25H28N2O5/c1-16-24(25(28)26-18-11-20(30-3)13-21(12-18)31-4)22-15-27(10-9-23(22)32-16)14-17-5-7-19(29-2)8-6-17/h5-8,11-13H,9-10,14-15H2,1-4H3,(H,26,28). The van der Waals surface area contributed by atoms with Crippen LogP contribution in [0.15, 0.2) is 46.9 Å². The highest BCUT2D eigenvalue weighted by atomic mass is 16.5. The topological polar surface area (TPSA) is 73.2 Å². The van der Waals surface area contributed by atoms with Crippen LogP contribution >= 0.6 is 0 Å². The fraction of sp³-hybridized carbons (Fsp3) is 0.320. The van der Waals surface area contributed by atoms with E-state index in [1.54, 1.807) is 39.5 Å². The summed E-state index contributed by atoms with van der Waals surface area (Å²) in [4.78, 5) is 15.5. The Labute approximate surface area is 187 Å². The molecule has 1 aliphatic heterocycles. The molecular weight excluding hydrogens is 408 g/mol. The number of nitrogens with zero attached hydrogens (tertiary/aromatic N) is 1. The summed E-state index contributed by atoms with van der Waals surface area (Å²) in [6, 6.07) is 13.4. The molecule has 0 atom stereocenters. The number of hydrogen-bond donors (Lipinski definition) is 1. The van der Waals surface area contributed by atoms with E-state index in [-0.39, 0.29) is 5.91 Å². The summed E-state index contributed by atoms with van der Waals surface area (Å²) in [5.74, 6) is 3.38. The van der Waals surface area contributed by atoms with Crippen molar-refractivity contribution in [1.29, 1.82) is 0 Å². The van der Waals surface area contributed by atoms with E-state index in [1.807, 2.05) is 19.1 Å². The van der Waals surface area contributed by atoms with Gasteiger partial charge in [0.2, 0.25) is 0 Å². The molecule has 0 saturated carbocycles. The zero-order valence-electron chi connectivity index (χ0n) is 18.9. The molecule has 1 N–H and O–H groups in total. The molecule has 0 bridgehead atoms. The van der Waals surface area contributed by atoms with Gasteiger partial charge in [0.05, 0.1) is 26.9 Å². The van der Waals surface area contributed by atoms with Crippen LogP contribution in [0.4, 0.5) is 5.69 Å². The molecule has 2 aromatic carbocycles. The molecule has 7 heteroatoms. The maximum absolute atomic E-state index is 13.2. The van der Waals surface area contributed by atoms with Crippen molar-refractivity contribution in [2.75, 3.05) is 33.2 Å². The van der Waals surface area contributed by atoms with Gasteiger partial charge in [-0.2, -0.15) is 0 Å². The Morgan fingerprint density at radius 3 is 2.28 bits per heavy atom. The maximum atomic E-state index is 13.2. The zero-order valence-corrected chi connectivity index (χ0v) is 18.9. The van der Waals surface area contributed by atoms with E-state index in [0.29, 0.717) is 35.1 Å². The quantitative estimate of drug-likeness (QED) is 0.591. The lowest BCUT2D eigenvalue weighted by molar-refractivity contribution is 0.102. The zero-order chi connectivity index (χ0) is 22.7. The fourth-order valence-corrected chi connectivity index (χ4v) is 4.08. The molecule has 0 radical (unpaired) electrons. The first-order valence-electron chi connectivity index (χ1n) is 10.5. The lowest BCUT2D eigenvalue weighted by Crippen LogP contribution is -2.30. The van der Waals surface area contributed by atoms with Crippen molar-refractivity contribution in [1.82, 2.24) is 4.90 Å². The van der Waals surface area contributed by atoms with Crippen LogP contribution in [-0.4, -0.2) is 38.7 Å². The van der Waals surface area contributed by atoms with Gasteiger partial charge in [0, 0.05) is 55.5 Å². The minimum atomic E-state index is -0.200. The van der Waals surface area contributed by atoms with Crippen molar-refractivity contribution in [3.05, 3.63) is 70.7 Å². The minimum Gasteiger partial charge on any atom is -0.497 e. The van der Waals surface area contributed by atoms with E-state index >= 15 is 0 Å². The Kier molecular flexibility index (Phi) is 6.37. The van der Waals surface area contributed by atoms with E-state index in [4.69, 9.17) is 18.6 Å². The van der Waals surface area contributed by atoms with E-state index < -0.39 is 0 Å². The molecule has 3 aromatic rings. The van der Waals surface area contributed by atoms with E-state index in [0.717, 1.165) is 36.6 Å². The van der Waals surface area contributed by atoms with Gasteiger partial charge in [0.1, 0.15) is 28.8 Å². The highest BCUT2D eigenvalue weighted by Crippen LogP contribution is 2.31. The molecular formula is C25H28N2O5. The van der Waals surface area contributed by atoms with Crippen LogP contribution < -0.4 is 19.5 Å². The van der Waals surface area contributed by atoms with Gasteiger partial charge in [-0.05, 0) is 24.6 Å². The monoisotopic (exact) mass is 436 g/mol. The summed E-state index contributed by atoms with van der Waals surface area (Å²) in [7, 11) is 4.82. The Bertz CT molecular complexity index is 1080. The van der Waals surface area contributed by atoms with Crippen molar-refractivity contribution in [3.63, 3.8) is 0 Å². The van der Waals surface area contributed by atoms with Crippen LogP contribution in [0.3, 0.4) is 0 Å². The molecule has 0 unspecified atom stereocenters. The highest BCUT2D eigenvalue weighted by Gasteiger charge is 2.28. The molecule has 2 heterocycles. The number of aryl methyl sites for hydroxylation is 1. The van der Waals surface area contributed by atoms with E-state index in [9.17, 15) is 4.79 Å². The summed E-state index contributed by atoms with van der Waals surface area (Å²) in [5, 5.41) is 2.97. The number of rotatable bonds is 7. The van der Waals surface area contributed by atoms with Crippen LogP contribution in [0.25, 0.3) is 0 Å². The molecule has 0 aliphatic carbocycles. The molecule has 1 aromatic heterocycles. The molecule has 4 rings (SSSR count). The van der Waals surface area contributed by atoms with Crippen LogP contribution in [0, 0.1) is 6.92 Å². The molecule has 1 aliphatic rings. The number of hydrogen-bond acceptors (Lipinski definition) is 6. The Hall–Kier alpha value is -3.45. The molecule has 0 spiro atoms. The number of carbonyl (C=O) groups excluding carboxylic acids is 1. The molecule has 0 fully saturated rings. The summed E-state index contributed by atoms with van der Waals surface area (Å²) in [5.41, 5.74) is 3.35. The number of methoxy groups -OCH3 is 3. The van der Waals surface area contributed by atoms with E-state index in [1.165, 1.54) is 5.56 Å². The smallest absolute Gasteiger partial charge is 0.259 e. The van der Waals surface area contributed by atoms with Crippen LogP contribution in [0.1, 0.15) is 33.0 Å². The van der Waals surface area contributed by atoms with Gasteiger partial charge < -0.3 is 23.9 Å². The first kappa shape index (κ1) is 21.8. The third-order valence-corrected chi connectivity index (χ3v) is 5.71. The van der Waals surface area contributed by atoms with Crippen LogP contribution in [-0.2, 0) is 19.5 Å². The van der Waals surface area contributed by atoms with Gasteiger partial charge in [-0.3, -0.25) is 9.69 Å². The van der Waals surface area contributed by atoms with Gasteiger partial charge in [0.15, 0.2) is 0 Å². The van der Waals surface area contributed by atoms with Crippen molar-refractivity contribution in [2.24, 2.45) is 0 Å². The molecule has 168 valence electrons. The summed E-state index contributed by atoms with van der Waals surface area (Å²) in [6.07, 6.45) is 0.770. The van der Waals surface area contributed by atoms with Gasteiger partial charge in [-0.1, -0.05) is 12.1 Å². The van der Waals surface area contributed by atoms with Gasteiger partial charge in [0.25, 0.3) is 5.91 Å². The van der Waals surface area contributed by atoms with Gasteiger partial charge in [-0.15, -0.1) is 0 Å². The van der Waals surface area contributed by atoms with Crippen LogP contribution in [0.2, 0.25) is 0 Å². The minimum absolute atomic E-state index is 0.200. The normalized spacial score (nSPS) is 13.4. The number of nitrogens with one attached hydrogen (secondary N) is 1. The predicted octanol–water partition coefficient (Wildman–Crippen LogP) is 4.42. The number of fused-ring (bicyclic) bond motifs is 1. The Morgan fingerprint density at radius 1 is 1.00 bits per heavy atom. The number of furan rings is 1. The SMILES string of the molecule is COc1ccc(CN2CCc3oc(C)c(C(=O)Nc4cc(OC)cc(OC)c4)c3C2)cc1. The van der Waals surface area contributed by atoms with Gasteiger partial charge in [-0.25, -0.2) is 0 Å². The second kappa shape index (κ2) is 9.36. The maximum Gasteiger partial charge on any atom is 0.259 e. The predicted molar refractivity (Wildman–Crippen MR) is 122 cm³/mol. The lowest BCUT2D eigenvalue weighted by atomic mass is 10.0. The number of amides is 1. The third kappa shape index (κ3) is 4.57. The summed E-state index contributed by atoms with van der Waals surface area (Å²) < 4.78 is 21.8. The molecule has 7 nitrogen and oxygen atoms in total. The van der Waals surface area contributed by atoms with E-state index in [2.05, 4.69) is 22.3 Å². The second-order valence-corrected chi connectivity index (χ2v) is 7.80. The first-order valence-corrected chi connectivity index (χ1v) is 10.5. The highest BCUT2D eigenvalue weighted by molar-refractivity contribution is 6.06.